The smallest absolute Gasteiger partial charge is 0.332 e. The minimum Gasteiger partial charge on any atom is -0.462 e. The standard InChI is InChI=1S/C28H41N7O4/c1-3-4-15-34-23-24(30-27(34)33-14-6-8-21(29)19-33)31(2)28(38)35(25(23)36)16-7-13-32-17-11-20(12-18-32)26(37)39-22-9-5-10-22/h20-22H,5-19,29H2,1-2H3/t21-/m1/s1. The molecule has 2 aromatic heterocycles. The first kappa shape index (κ1) is 27.5. The molecule has 3 fully saturated rings. The quantitative estimate of drug-likeness (QED) is 0.390. The monoisotopic (exact) mass is 539 g/mol. The van der Waals surface area contributed by atoms with Crippen LogP contribution in [0.5, 0.6) is 0 Å². The van der Waals surface area contributed by atoms with E-state index in [1.807, 2.05) is 4.57 Å². The minimum absolute atomic E-state index is 0.0191. The van der Waals surface area contributed by atoms with Crippen molar-refractivity contribution in [2.24, 2.45) is 18.7 Å². The van der Waals surface area contributed by atoms with Crippen molar-refractivity contribution < 1.29 is 9.53 Å². The number of anilines is 1. The van der Waals surface area contributed by atoms with Gasteiger partial charge in [0, 0.05) is 32.7 Å². The number of aryl methyl sites for hydroxylation is 1. The van der Waals surface area contributed by atoms with Gasteiger partial charge >= 0.3 is 11.7 Å². The van der Waals surface area contributed by atoms with Gasteiger partial charge in [0.25, 0.3) is 5.56 Å². The van der Waals surface area contributed by atoms with Crippen molar-refractivity contribution in [2.75, 3.05) is 37.6 Å². The van der Waals surface area contributed by atoms with Crippen LogP contribution in [-0.2, 0) is 29.7 Å². The molecule has 0 amide bonds. The first-order chi connectivity index (χ1) is 18.9. The van der Waals surface area contributed by atoms with E-state index < -0.39 is 0 Å². The fourth-order valence-corrected chi connectivity index (χ4v) is 5.89. The van der Waals surface area contributed by atoms with Crippen LogP contribution in [-0.4, -0.2) is 74.4 Å². The van der Waals surface area contributed by atoms with E-state index in [0.717, 1.165) is 71.1 Å². The lowest BCUT2D eigenvalue weighted by Gasteiger charge is -2.33. The highest BCUT2D eigenvalue weighted by Crippen LogP contribution is 2.26. The molecular formula is C28H41N7O4. The number of aromatic nitrogens is 4. The highest BCUT2D eigenvalue weighted by atomic mass is 16.5. The third-order valence-corrected chi connectivity index (χ3v) is 8.48. The van der Waals surface area contributed by atoms with Crippen LogP contribution >= 0.6 is 0 Å². The molecule has 0 radical (unpaired) electrons. The van der Waals surface area contributed by atoms with E-state index in [1.165, 1.54) is 9.13 Å². The Morgan fingerprint density at radius 1 is 1.05 bits per heavy atom. The van der Waals surface area contributed by atoms with Crippen LogP contribution in [0.15, 0.2) is 9.59 Å². The Morgan fingerprint density at radius 2 is 1.82 bits per heavy atom. The second-order valence-electron chi connectivity index (χ2n) is 11.2. The first-order valence-corrected chi connectivity index (χ1v) is 14.4. The summed E-state index contributed by atoms with van der Waals surface area (Å²) in [7, 11) is 1.67. The van der Waals surface area contributed by atoms with Crippen molar-refractivity contribution in [3.05, 3.63) is 20.8 Å². The fraction of sp³-hybridized carbons (Fsp3) is 0.714. The van der Waals surface area contributed by atoms with E-state index in [0.29, 0.717) is 43.2 Å². The van der Waals surface area contributed by atoms with Crippen molar-refractivity contribution in [1.29, 1.82) is 0 Å². The van der Waals surface area contributed by atoms with Gasteiger partial charge in [-0.1, -0.05) is 5.92 Å². The molecule has 5 rings (SSSR count). The zero-order chi connectivity index (χ0) is 27.5. The number of imidazole rings is 1. The maximum atomic E-state index is 13.7. The van der Waals surface area contributed by atoms with Crippen molar-refractivity contribution in [2.45, 2.75) is 83.5 Å². The fourth-order valence-electron chi connectivity index (χ4n) is 5.89. The molecule has 11 nitrogen and oxygen atoms in total. The molecule has 2 aliphatic heterocycles. The number of likely N-dealkylation sites (tertiary alicyclic amines) is 1. The van der Waals surface area contributed by atoms with Crippen molar-refractivity contribution in [3.8, 4) is 11.8 Å². The highest BCUT2D eigenvalue weighted by Gasteiger charge is 2.30. The van der Waals surface area contributed by atoms with Gasteiger partial charge in [0.1, 0.15) is 6.10 Å². The van der Waals surface area contributed by atoms with Crippen LogP contribution in [0.4, 0.5) is 5.95 Å². The number of hydrogen-bond donors (Lipinski definition) is 1. The lowest BCUT2D eigenvalue weighted by atomic mass is 9.94. The van der Waals surface area contributed by atoms with E-state index in [9.17, 15) is 14.4 Å². The van der Waals surface area contributed by atoms with Gasteiger partial charge in [-0.2, -0.15) is 4.98 Å². The van der Waals surface area contributed by atoms with Crippen molar-refractivity contribution in [3.63, 3.8) is 0 Å². The molecule has 0 spiro atoms. The number of esters is 1. The normalized spacial score (nSPS) is 21.0. The Bertz CT molecular complexity index is 1370. The number of rotatable bonds is 8. The molecule has 1 saturated carbocycles. The predicted octanol–water partition coefficient (Wildman–Crippen LogP) is 1.05. The number of nitrogens with two attached hydrogens (primary N) is 1. The van der Waals surface area contributed by atoms with Gasteiger partial charge in [0.05, 0.1) is 12.5 Å². The van der Waals surface area contributed by atoms with E-state index >= 15 is 0 Å². The Hall–Kier alpha value is -3.10. The van der Waals surface area contributed by atoms with E-state index in [2.05, 4.69) is 21.6 Å². The second kappa shape index (κ2) is 12.0. The van der Waals surface area contributed by atoms with Gasteiger partial charge in [-0.25, -0.2) is 4.79 Å². The van der Waals surface area contributed by atoms with Gasteiger partial charge in [-0.3, -0.25) is 23.3 Å². The summed E-state index contributed by atoms with van der Waals surface area (Å²) >= 11 is 0. The largest absolute Gasteiger partial charge is 0.462 e. The summed E-state index contributed by atoms with van der Waals surface area (Å²) in [6.07, 6.45) is 7.43. The highest BCUT2D eigenvalue weighted by molar-refractivity contribution is 5.75. The summed E-state index contributed by atoms with van der Waals surface area (Å²) in [5.41, 5.74) is 6.31. The summed E-state index contributed by atoms with van der Waals surface area (Å²) in [6.45, 7) is 6.26. The zero-order valence-corrected chi connectivity index (χ0v) is 23.2. The van der Waals surface area contributed by atoms with Crippen LogP contribution in [0.3, 0.4) is 0 Å². The number of carbonyl (C=O) groups excluding carboxylic acids is 1. The van der Waals surface area contributed by atoms with Gasteiger partial charge < -0.3 is 20.3 Å². The Morgan fingerprint density at radius 3 is 2.49 bits per heavy atom. The molecular weight excluding hydrogens is 498 g/mol. The summed E-state index contributed by atoms with van der Waals surface area (Å²) in [4.78, 5) is 48.5. The van der Waals surface area contributed by atoms with Gasteiger partial charge in [0.2, 0.25) is 5.95 Å². The molecule has 0 aromatic carbocycles. The molecule has 3 aliphatic rings. The van der Waals surface area contributed by atoms with Crippen LogP contribution in [0, 0.1) is 17.8 Å². The maximum Gasteiger partial charge on any atom is 0.332 e. The zero-order valence-electron chi connectivity index (χ0n) is 23.2. The number of fused-ring (bicyclic) bond motifs is 1. The number of nitrogens with zero attached hydrogens (tertiary/aromatic N) is 6. The number of ether oxygens (including phenoxy) is 1. The Labute approximate surface area is 228 Å². The molecule has 0 bridgehead atoms. The summed E-state index contributed by atoms with van der Waals surface area (Å²) < 4.78 is 10.2. The van der Waals surface area contributed by atoms with E-state index in [-0.39, 0.29) is 35.3 Å². The summed E-state index contributed by atoms with van der Waals surface area (Å²) in [5.74, 6) is 6.56. The molecule has 2 N–H and O–H groups in total. The average Bonchev–Trinajstić information content (AvgIpc) is 3.30. The van der Waals surface area contributed by atoms with E-state index in [1.54, 1.807) is 14.0 Å². The second-order valence-corrected chi connectivity index (χ2v) is 11.2. The van der Waals surface area contributed by atoms with Crippen LogP contribution in [0.2, 0.25) is 0 Å². The number of carbonyl (C=O) groups is 1. The van der Waals surface area contributed by atoms with Crippen molar-refractivity contribution >= 4 is 23.1 Å². The van der Waals surface area contributed by atoms with Crippen LogP contribution in [0.25, 0.3) is 11.2 Å². The van der Waals surface area contributed by atoms with Gasteiger partial charge in [-0.15, -0.1) is 5.92 Å². The van der Waals surface area contributed by atoms with Crippen molar-refractivity contribution in [1.82, 2.24) is 23.6 Å². The van der Waals surface area contributed by atoms with Crippen LogP contribution in [0.1, 0.15) is 58.3 Å². The topological polar surface area (TPSA) is 121 Å². The number of hydrogen-bond acceptors (Lipinski definition) is 8. The molecule has 2 saturated heterocycles. The molecule has 0 unspecified atom stereocenters. The molecule has 2 aromatic rings. The average molecular weight is 540 g/mol. The lowest BCUT2D eigenvalue weighted by Crippen LogP contribution is -2.44. The molecule has 39 heavy (non-hydrogen) atoms. The molecule has 1 aliphatic carbocycles. The molecule has 1 atom stereocenters. The van der Waals surface area contributed by atoms with Crippen LogP contribution < -0.4 is 21.9 Å². The summed E-state index contributed by atoms with van der Waals surface area (Å²) in [6, 6.07) is 0.0446. The third-order valence-electron chi connectivity index (χ3n) is 8.48. The summed E-state index contributed by atoms with van der Waals surface area (Å²) in [5, 5.41) is 0. The Kier molecular flexibility index (Phi) is 8.43. The van der Waals surface area contributed by atoms with Gasteiger partial charge in [0.15, 0.2) is 11.2 Å². The lowest BCUT2D eigenvalue weighted by molar-refractivity contribution is -0.159. The van der Waals surface area contributed by atoms with Gasteiger partial charge in [-0.05, 0) is 77.9 Å². The number of piperidine rings is 2. The molecule has 212 valence electrons. The third kappa shape index (κ3) is 5.77. The minimum atomic E-state index is -0.363. The first-order valence-electron chi connectivity index (χ1n) is 14.4. The maximum absolute atomic E-state index is 13.7. The Balaban J connectivity index is 1.29. The van der Waals surface area contributed by atoms with E-state index in [4.69, 9.17) is 15.5 Å². The molecule has 11 heteroatoms. The predicted molar refractivity (Wildman–Crippen MR) is 150 cm³/mol. The SMILES string of the molecule is CC#CCn1c(N2CCC[C@@H](N)C2)nc2c1c(=O)n(CCCN1CCC(C(=O)OC3CCC3)CC1)c(=O)n2C. The molecule has 4 heterocycles.